The lowest BCUT2D eigenvalue weighted by atomic mass is 10.0. The summed E-state index contributed by atoms with van der Waals surface area (Å²) in [6.07, 6.45) is 3.86. The highest BCUT2D eigenvalue weighted by atomic mass is 15.1. The fourth-order valence-electron chi connectivity index (χ4n) is 10.6. The van der Waals surface area contributed by atoms with Crippen LogP contribution < -0.4 is 0 Å². The monoisotopic (exact) mass is 880 g/mol. The first-order chi connectivity index (χ1) is 34.2. The van der Waals surface area contributed by atoms with Crippen LogP contribution in [0.15, 0.2) is 243 Å². The molecule has 8 aromatic carbocycles. The van der Waals surface area contributed by atoms with E-state index < -0.39 is 0 Å². The quantitative estimate of drug-likeness (QED) is 0.160. The molecule has 0 spiro atoms. The summed E-state index contributed by atoms with van der Waals surface area (Å²) in [6, 6.07) is 82.1. The lowest BCUT2D eigenvalue weighted by Crippen LogP contribution is -2.00. The predicted octanol–water partition coefficient (Wildman–Crippen LogP) is 15.8. The Balaban J connectivity index is 0.871. The van der Waals surface area contributed by atoms with Crippen molar-refractivity contribution in [3.05, 3.63) is 243 Å². The number of para-hydroxylation sites is 3. The predicted molar refractivity (Wildman–Crippen MR) is 285 cm³/mol. The molecule has 0 fully saturated rings. The maximum absolute atomic E-state index is 5.36. The van der Waals surface area contributed by atoms with Crippen LogP contribution in [0.1, 0.15) is 0 Å². The number of aromatic nitrogens is 6. The van der Waals surface area contributed by atoms with E-state index in [4.69, 9.17) is 9.97 Å². The van der Waals surface area contributed by atoms with Gasteiger partial charge in [0.15, 0.2) is 0 Å². The van der Waals surface area contributed by atoms with Crippen LogP contribution in [0.5, 0.6) is 0 Å². The molecule has 0 atom stereocenters. The Labute approximate surface area is 397 Å². The van der Waals surface area contributed by atoms with E-state index in [9.17, 15) is 0 Å². The first-order valence-corrected chi connectivity index (χ1v) is 23.3. The van der Waals surface area contributed by atoms with E-state index in [1.165, 1.54) is 26.9 Å². The van der Waals surface area contributed by atoms with Crippen molar-refractivity contribution in [1.29, 1.82) is 0 Å². The Bertz CT molecular complexity index is 4240. The van der Waals surface area contributed by atoms with E-state index in [1.807, 2.05) is 18.5 Å². The minimum Gasteiger partial charge on any atom is -0.309 e. The molecule has 0 aliphatic carbocycles. The highest BCUT2D eigenvalue weighted by Crippen LogP contribution is 2.40. The average Bonchev–Trinajstić information content (AvgIpc) is 4.06. The Morgan fingerprint density at radius 1 is 0.261 bits per heavy atom. The van der Waals surface area contributed by atoms with Crippen molar-refractivity contribution in [2.24, 2.45) is 0 Å². The third kappa shape index (κ3) is 6.30. The van der Waals surface area contributed by atoms with Crippen LogP contribution in [0.4, 0.5) is 0 Å². The molecule has 14 rings (SSSR count). The fourth-order valence-corrected chi connectivity index (χ4v) is 10.6. The molecule has 0 saturated carbocycles. The average molecular weight is 881 g/mol. The van der Waals surface area contributed by atoms with Gasteiger partial charge in [-0.2, -0.15) is 0 Å². The van der Waals surface area contributed by atoms with Crippen molar-refractivity contribution in [2.75, 3.05) is 0 Å². The van der Waals surface area contributed by atoms with Gasteiger partial charge in [0, 0.05) is 66.6 Å². The van der Waals surface area contributed by atoms with Gasteiger partial charge in [-0.25, -0.2) is 9.97 Å². The summed E-state index contributed by atoms with van der Waals surface area (Å²) in [4.78, 5) is 15.2. The molecule has 69 heavy (non-hydrogen) atoms. The van der Waals surface area contributed by atoms with Crippen LogP contribution in [0.25, 0.3) is 128 Å². The van der Waals surface area contributed by atoms with Gasteiger partial charge in [0.25, 0.3) is 0 Å². The summed E-state index contributed by atoms with van der Waals surface area (Å²) >= 11 is 0. The van der Waals surface area contributed by atoms with E-state index in [-0.39, 0.29) is 0 Å². The Morgan fingerprint density at radius 2 is 0.783 bits per heavy atom. The molecule has 0 radical (unpaired) electrons. The van der Waals surface area contributed by atoms with Gasteiger partial charge in [-0.15, -0.1) is 0 Å². The van der Waals surface area contributed by atoms with Crippen LogP contribution in [0.2, 0.25) is 0 Å². The SMILES string of the molecule is c1ccc(-c2cc(-c3ccccc3)nc(-n3c4ccccc4c4cc(-c5cccc(-c6ccc7c(c6)c6ccccc6n7-c6ccc7c(c6)c6ccncc6n7-c6ccccc6)n5)ccc43)c2)cc1. The summed E-state index contributed by atoms with van der Waals surface area (Å²) in [7, 11) is 0. The molecule has 0 aliphatic rings. The summed E-state index contributed by atoms with van der Waals surface area (Å²) in [5.74, 6) is 0.875. The Morgan fingerprint density at radius 3 is 1.46 bits per heavy atom. The van der Waals surface area contributed by atoms with Gasteiger partial charge in [-0.3, -0.25) is 9.55 Å². The van der Waals surface area contributed by atoms with Crippen LogP contribution in [0.3, 0.4) is 0 Å². The highest BCUT2D eigenvalue weighted by Gasteiger charge is 2.20. The highest BCUT2D eigenvalue weighted by molar-refractivity contribution is 6.13. The van der Waals surface area contributed by atoms with E-state index in [0.717, 1.165) is 101 Å². The van der Waals surface area contributed by atoms with Crippen LogP contribution >= 0.6 is 0 Å². The van der Waals surface area contributed by atoms with Gasteiger partial charge < -0.3 is 9.13 Å². The van der Waals surface area contributed by atoms with E-state index >= 15 is 0 Å². The van der Waals surface area contributed by atoms with Crippen molar-refractivity contribution in [3.63, 3.8) is 0 Å². The van der Waals surface area contributed by atoms with Crippen molar-refractivity contribution < 1.29 is 0 Å². The van der Waals surface area contributed by atoms with Crippen molar-refractivity contribution in [3.8, 4) is 62.1 Å². The zero-order valence-corrected chi connectivity index (χ0v) is 37.3. The molecule has 6 aromatic heterocycles. The second-order valence-electron chi connectivity index (χ2n) is 17.7. The van der Waals surface area contributed by atoms with Gasteiger partial charge in [-0.05, 0) is 108 Å². The zero-order chi connectivity index (χ0) is 45.4. The van der Waals surface area contributed by atoms with Crippen molar-refractivity contribution in [2.45, 2.75) is 0 Å². The van der Waals surface area contributed by atoms with E-state index in [0.29, 0.717) is 0 Å². The molecule has 0 saturated heterocycles. The zero-order valence-electron chi connectivity index (χ0n) is 37.3. The normalized spacial score (nSPS) is 11.8. The summed E-state index contributed by atoms with van der Waals surface area (Å²) in [6.45, 7) is 0. The Kier molecular flexibility index (Phi) is 8.79. The first kappa shape index (κ1) is 38.8. The molecule has 0 amide bonds. The Hall–Kier alpha value is -9.39. The summed E-state index contributed by atoms with van der Waals surface area (Å²) in [5, 5.41) is 7.05. The minimum absolute atomic E-state index is 0.875. The molecule has 322 valence electrons. The second kappa shape index (κ2) is 15.6. The minimum atomic E-state index is 0.875. The maximum Gasteiger partial charge on any atom is 0.138 e. The number of pyridine rings is 3. The van der Waals surface area contributed by atoms with Gasteiger partial charge in [-0.1, -0.05) is 133 Å². The molecular formula is C63H40N6. The molecule has 6 heteroatoms. The van der Waals surface area contributed by atoms with Crippen molar-refractivity contribution >= 4 is 65.4 Å². The molecule has 0 N–H and O–H groups in total. The molecule has 0 unspecified atom stereocenters. The summed E-state index contributed by atoms with van der Waals surface area (Å²) in [5.41, 5.74) is 17.2. The number of benzene rings is 8. The lowest BCUT2D eigenvalue weighted by molar-refractivity contribution is 1.08. The number of hydrogen-bond donors (Lipinski definition) is 0. The molecule has 14 aromatic rings. The van der Waals surface area contributed by atoms with E-state index in [2.05, 4.69) is 243 Å². The summed E-state index contributed by atoms with van der Waals surface area (Å²) < 4.78 is 7.01. The third-order valence-corrected chi connectivity index (χ3v) is 13.7. The number of nitrogens with zero attached hydrogens (tertiary/aromatic N) is 6. The standard InChI is InChI=1S/C63H40N6/c1-4-15-41(16-5-1)45-37-56(42-17-6-2-7-18-42)66-63(38-45)69-58-26-13-11-22-49(58)52-36-44(28-31-61(52)69)55-24-14-23-54(65-55)43-27-30-59-51(35-43)48-21-10-12-25-57(48)68(59)47-29-32-60-53(39-47)50-33-34-64-40-62(50)67(60)46-19-8-3-9-20-46/h1-40H. The molecule has 6 heterocycles. The van der Waals surface area contributed by atoms with Gasteiger partial charge in [0.1, 0.15) is 5.82 Å². The van der Waals surface area contributed by atoms with Gasteiger partial charge in [0.2, 0.25) is 0 Å². The topological polar surface area (TPSA) is 53.5 Å². The number of fused-ring (bicyclic) bond motifs is 9. The molecule has 6 nitrogen and oxygen atoms in total. The molecule has 0 bridgehead atoms. The largest absolute Gasteiger partial charge is 0.309 e. The molecular weight excluding hydrogens is 841 g/mol. The van der Waals surface area contributed by atoms with Crippen LogP contribution in [0, 0.1) is 0 Å². The van der Waals surface area contributed by atoms with Gasteiger partial charge >= 0.3 is 0 Å². The second-order valence-corrected chi connectivity index (χ2v) is 17.7. The van der Waals surface area contributed by atoms with Gasteiger partial charge in [0.05, 0.1) is 56.4 Å². The van der Waals surface area contributed by atoms with Crippen LogP contribution in [-0.4, -0.2) is 28.7 Å². The maximum atomic E-state index is 5.36. The smallest absolute Gasteiger partial charge is 0.138 e. The lowest BCUT2D eigenvalue weighted by Gasteiger charge is -2.13. The third-order valence-electron chi connectivity index (χ3n) is 13.7. The van der Waals surface area contributed by atoms with Crippen LogP contribution in [-0.2, 0) is 0 Å². The van der Waals surface area contributed by atoms with E-state index in [1.54, 1.807) is 0 Å². The first-order valence-electron chi connectivity index (χ1n) is 23.3. The molecule has 0 aliphatic heterocycles. The fraction of sp³-hybridized carbons (Fsp3) is 0. The van der Waals surface area contributed by atoms with Crippen molar-refractivity contribution in [1.82, 2.24) is 28.7 Å². The number of hydrogen-bond acceptors (Lipinski definition) is 3. The number of rotatable bonds is 7.